The number of aryl methyl sites for hydroxylation is 1. The first-order valence-corrected chi connectivity index (χ1v) is 8.09. The van der Waals surface area contributed by atoms with Crippen LogP contribution in [0.4, 0.5) is 0 Å². The molecule has 112 valence electrons. The van der Waals surface area contributed by atoms with Gasteiger partial charge >= 0.3 is 0 Å². The van der Waals surface area contributed by atoms with E-state index in [1.807, 2.05) is 0 Å². The number of halogens is 1. The van der Waals surface area contributed by atoms with E-state index >= 15 is 0 Å². The molecule has 1 atom stereocenters. The molecule has 3 heterocycles. The first-order chi connectivity index (χ1) is 9.90. The SMILES string of the molecule is Cl.c1ccc2c(CCC3CN4CCC3CC4)cccc2c1. The normalized spacial score (nSPS) is 27.5. The maximum Gasteiger partial charge on any atom is 0.00124 e. The molecular weight excluding hydrogens is 278 g/mol. The molecular formula is C19H24ClN. The van der Waals surface area contributed by atoms with Crippen molar-refractivity contribution >= 4 is 23.2 Å². The van der Waals surface area contributed by atoms with Crippen LogP contribution in [-0.2, 0) is 6.42 Å². The topological polar surface area (TPSA) is 3.24 Å². The summed E-state index contributed by atoms with van der Waals surface area (Å²) in [5, 5.41) is 2.84. The summed E-state index contributed by atoms with van der Waals surface area (Å²) >= 11 is 0. The molecule has 0 aliphatic carbocycles. The van der Waals surface area contributed by atoms with Crippen molar-refractivity contribution in [3.63, 3.8) is 0 Å². The zero-order valence-electron chi connectivity index (χ0n) is 12.5. The summed E-state index contributed by atoms with van der Waals surface area (Å²) in [5.74, 6) is 1.95. The third-order valence-corrected chi connectivity index (χ3v) is 5.46. The van der Waals surface area contributed by atoms with Gasteiger partial charge in [0, 0.05) is 6.54 Å². The summed E-state index contributed by atoms with van der Waals surface area (Å²) in [4.78, 5) is 2.67. The van der Waals surface area contributed by atoms with Crippen LogP contribution in [0.5, 0.6) is 0 Å². The maximum atomic E-state index is 2.67. The second kappa shape index (κ2) is 6.37. The van der Waals surface area contributed by atoms with E-state index in [4.69, 9.17) is 0 Å². The number of rotatable bonds is 3. The largest absolute Gasteiger partial charge is 0.303 e. The van der Waals surface area contributed by atoms with Gasteiger partial charge in [0.15, 0.2) is 0 Å². The third-order valence-electron chi connectivity index (χ3n) is 5.46. The predicted octanol–water partition coefficient (Wildman–Crippen LogP) is 4.54. The van der Waals surface area contributed by atoms with Crippen LogP contribution in [0.1, 0.15) is 24.8 Å². The van der Waals surface area contributed by atoms with Gasteiger partial charge in [-0.1, -0.05) is 42.5 Å². The summed E-state index contributed by atoms with van der Waals surface area (Å²) in [6.07, 6.45) is 5.51. The minimum Gasteiger partial charge on any atom is -0.303 e. The first kappa shape index (κ1) is 14.9. The van der Waals surface area contributed by atoms with E-state index in [2.05, 4.69) is 47.4 Å². The van der Waals surface area contributed by atoms with Crippen molar-refractivity contribution in [3.05, 3.63) is 48.0 Å². The van der Waals surface area contributed by atoms with Gasteiger partial charge in [-0.2, -0.15) is 0 Å². The van der Waals surface area contributed by atoms with E-state index < -0.39 is 0 Å². The average Bonchev–Trinajstić information content (AvgIpc) is 2.54. The fourth-order valence-electron chi connectivity index (χ4n) is 4.27. The van der Waals surface area contributed by atoms with Crippen molar-refractivity contribution in [1.82, 2.24) is 4.90 Å². The lowest BCUT2D eigenvalue weighted by Gasteiger charge is -2.45. The van der Waals surface area contributed by atoms with Crippen LogP contribution in [0, 0.1) is 11.8 Å². The Labute approximate surface area is 133 Å². The van der Waals surface area contributed by atoms with Crippen molar-refractivity contribution < 1.29 is 0 Å². The van der Waals surface area contributed by atoms with Gasteiger partial charge in [0.05, 0.1) is 0 Å². The Morgan fingerprint density at radius 1 is 0.952 bits per heavy atom. The first-order valence-electron chi connectivity index (χ1n) is 8.09. The molecule has 0 radical (unpaired) electrons. The zero-order chi connectivity index (χ0) is 13.4. The molecule has 0 saturated carbocycles. The van der Waals surface area contributed by atoms with Crippen molar-refractivity contribution in [2.45, 2.75) is 25.7 Å². The highest BCUT2D eigenvalue weighted by atomic mass is 35.5. The van der Waals surface area contributed by atoms with Crippen LogP contribution in [0.15, 0.2) is 42.5 Å². The molecule has 21 heavy (non-hydrogen) atoms. The third kappa shape index (κ3) is 2.95. The van der Waals surface area contributed by atoms with Crippen molar-refractivity contribution in [2.75, 3.05) is 19.6 Å². The Kier molecular flexibility index (Phi) is 4.51. The van der Waals surface area contributed by atoms with Crippen molar-refractivity contribution in [1.29, 1.82) is 0 Å². The van der Waals surface area contributed by atoms with Gasteiger partial charge in [0.1, 0.15) is 0 Å². The number of hydrogen-bond acceptors (Lipinski definition) is 1. The van der Waals surface area contributed by atoms with Gasteiger partial charge in [-0.25, -0.2) is 0 Å². The van der Waals surface area contributed by atoms with Crippen molar-refractivity contribution in [2.24, 2.45) is 11.8 Å². The fraction of sp³-hybridized carbons (Fsp3) is 0.474. The van der Waals surface area contributed by atoms with Crippen LogP contribution in [0.3, 0.4) is 0 Å². The Hall–Kier alpha value is -1.05. The summed E-state index contributed by atoms with van der Waals surface area (Å²) in [6.45, 7) is 4.07. The highest BCUT2D eigenvalue weighted by molar-refractivity contribution is 5.86. The Morgan fingerprint density at radius 3 is 2.48 bits per heavy atom. The molecule has 2 aromatic carbocycles. The van der Waals surface area contributed by atoms with E-state index in [0.717, 1.165) is 11.8 Å². The van der Waals surface area contributed by atoms with E-state index in [-0.39, 0.29) is 12.4 Å². The minimum atomic E-state index is 0. The Bertz CT molecular complexity index is 596. The summed E-state index contributed by atoms with van der Waals surface area (Å²) < 4.78 is 0. The second-order valence-electron chi connectivity index (χ2n) is 6.58. The van der Waals surface area contributed by atoms with Crippen LogP contribution >= 0.6 is 12.4 Å². The minimum absolute atomic E-state index is 0. The van der Waals surface area contributed by atoms with Crippen LogP contribution in [0.2, 0.25) is 0 Å². The monoisotopic (exact) mass is 301 g/mol. The smallest absolute Gasteiger partial charge is 0.00124 e. The highest BCUT2D eigenvalue weighted by Crippen LogP contribution is 2.35. The van der Waals surface area contributed by atoms with Crippen LogP contribution in [0.25, 0.3) is 10.8 Å². The molecule has 0 amide bonds. The Morgan fingerprint density at radius 2 is 1.71 bits per heavy atom. The number of nitrogens with zero attached hydrogens (tertiary/aromatic N) is 1. The van der Waals surface area contributed by atoms with Crippen LogP contribution in [-0.4, -0.2) is 24.5 Å². The van der Waals surface area contributed by atoms with Gasteiger partial charge < -0.3 is 4.90 Å². The molecule has 0 spiro atoms. The second-order valence-corrected chi connectivity index (χ2v) is 6.58. The lowest BCUT2D eigenvalue weighted by molar-refractivity contribution is 0.0470. The summed E-state index contributed by atoms with van der Waals surface area (Å²) in [5.41, 5.74) is 1.54. The molecule has 3 fully saturated rings. The molecule has 3 aliphatic heterocycles. The molecule has 0 aromatic heterocycles. The predicted molar refractivity (Wildman–Crippen MR) is 92.2 cm³/mol. The molecule has 1 unspecified atom stereocenters. The van der Waals surface area contributed by atoms with Gasteiger partial charge in [-0.15, -0.1) is 12.4 Å². The van der Waals surface area contributed by atoms with Gasteiger partial charge in [0.25, 0.3) is 0 Å². The molecule has 2 heteroatoms. The quantitative estimate of drug-likeness (QED) is 0.805. The number of fused-ring (bicyclic) bond motifs is 4. The van der Waals surface area contributed by atoms with E-state index in [1.54, 1.807) is 5.56 Å². The van der Waals surface area contributed by atoms with E-state index in [1.165, 1.54) is 56.1 Å². The molecule has 5 rings (SSSR count). The lowest BCUT2D eigenvalue weighted by Crippen LogP contribution is -2.47. The summed E-state index contributed by atoms with van der Waals surface area (Å²) in [6, 6.07) is 15.6. The van der Waals surface area contributed by atoms with Crippen molar-refractivity contribution in [3.8, 4) is 0 Å². The highest BCUT2D eigenvalue weighted by Gasteiger charge is 2.33. The van der Waals surface area contributed by atoms with E-state index in [0.29, 0.717) is 0 Å². The molecule has 1 nitrogen and oxygen atoms in total. The Balaban J connectivity index is 0.00000132. The molecule has 0 N–H and O–H groups in total. The molecule has 3 aliphatic rings. The number of piperidine rings is 3. The van der Waals surface area contributed by atoms with E-state index in [9.17, 15) is 0 Å². The van der Waals surface area contributed by atoms with Gasteiger partial charge in [-0.3, -0.25) is 0 Å². The van der Waals surface area contributed by atoms with Gasteiger partial charge in [-0.05, 0) is 66.9 Å². The molecule has 2 bridgehead atoms. The summed E-state index contributed by atoms with van der Waals surface area (Å²) in [7, 11) is 0. The molecule has 2 aromatic rings. The lowest BCUT2D eigenvalue weighted by atomic mass is 9.76. The fourth-order valence-corrected chi connectivity index (χ4v) is 4.27. The number of benzene rings is 2. The standard InChI is InChI=1S/C19H23N.ClH/c1-2-7-19-16(4-1)5-3-6-17(19)8-9-18-14-20-12-10-15(18)11-13-20;/h1-7,15,18H,8-14H2;1H. The van der Waals surface area contributed by atoms with Gasteiger partial charge in [0.2, 0.25) is 0 Å². The van der Waals surface area contributed by atoms with Crippen LogP contribution < -0.4 is 0 Å². The number of hydrogen-bond donors (Lipinski definition) is 0. The zero-order valence-corrected chi connectivity index (χ0v) is 13.3. The maximum absolute atomic E-state index is 2.67. The molecule has 3 saturated heterocycles. The average molecular weight is 302 g/mol.